The van der Waals surface area contributed by atoms with Crippen LogP contribution in [-0.4, -0.2) is 36.9 Å². The number of ether oxygens (including phenoxy) is 1. The summed E-state index contributed by atoms with van der Waals surface area (Å²) in [6, 6.07) is 4.17. The number of anilines is 1. The molecule has 3 N–H and O–H groups in total. The molecule has 0 aliphatic heterocycles. The Hall–Kier alpha value is -2.08. The average Bonchev–Trinajstić information content (AvgIpc) is 2.38. The smallest absolute Gasteiger partial charge is 0.335 e. The highest BCUT2D eigenvalue weighted by molar-refractivity contribution is 5.92. The number of nitrogens with one attached hydrogen (secondary N) is 2. The maximum atomic E-state index is 11.6. The summed E-state index contributed by atoms with van der Waals surface area (Å²) < 4.78 is 5.01. The highest BCUT2D eigenvalue weighted by Gasteiger charge is 2.09. The van der Waals surface area contributed by atoms with Crippen LogP contribution in [0.2, 0.25) is 0 Å². The van der Waals surface area contributed by atoms with E-state index >= 15 is 0 Å². The van der Waals surface area contributed by atoms with Gasteiger partial charge in [0.2, 0.25) is 0 Å². The maximum Gasteiger partial charge on any atom is 0.335 e. The number of carboxylic acid groups (broad SMARTS) is 1. The minimum atomic E-state index is -0.993. The first-order valence-corrected chi connectivity index (χ1v) is 5.85. The Morgan fingerprint density at radius 2 is 2.11 bits per heavy atom. The first kappa shape index (κ1) is 15.0. The molecule has 0 bridgehead atoms. The number of carboxylic acids is 1. The number of aryl methyl sites for hydroxylation is 1. The van der Waals surface area contributed by atoms with Crippen molar-refractivity contribution in [3.05, 3.63) is 29.3 Å². The fourth-order valence-electron chi connectivity index (χ4n) is 1.42. The fourth-order valence-corrected chi connectivity index (χ4v) is 1.42. The molecule has 0 aliphatic carbocycles. The van der Waals surface area contributed by atoms with Gasteiger partial charge in [-0.15, -0.1) is 0 Å². The van der Waals surface area contributed by atoms with Crippen LogP contribution in [0.3, 0.4) is 0 Å². The maximum absolute atomic E-state index is 11.6. The molecule has 1 unspecified atom stereocenters. The second kappa shape index (κ2) is 6.75. The molecule has 0 spiro atoms. The Balaban J connectivity index is 2.62. The van der Waals surface area contributed by atoms with Crippen molar-refractivity contribution in [2.24, 2.45) is 0 Å². The lowest BCUT2D eigenvalue weighted by Gasteiger charge is -2.13. The van der Waals surface area contributed by atoms with Gasteiger partial charge in [-0.3, -0.25) is 0 Å². The van der Waals surface area contributed by atoms with Crippen LogP contribution >= 0.6 is 0 Å². The predicted molar refractivity (Wildman–Crippen MR) is 71.6 cm³/mol. The van der Waals surface area contributed by atoms with Gasteiger partial charge in [-0.2, -0.15) is 0 Å². The number of hydrogen-bond donors (Lipinski definition) is 3. The van der Waals surface area contributed by atoms with Crippen molar-refractivity contribution in [2.75, 3.05) is 19.0 Å². The summed E-state index contributed by atoms with van der Waals surface area (Å²) in [4.78, 5) is 22.4. The van der Waals surface area contributed by atoms with E-state index in [1.165, 1.54) is 12.1 Å². The standard InChI is InChI=1S/C13H18N2O4/c1-8-6-10(12(16)17)4-5-11(8)15-13(18)14-7-9(2)19-3/h4-6,9H,7H2,1-3H3,(H,16,17)(H2,14,15,18). The molecule has 6 nitrogen and oxygen atoms in total. The fraction of sp³-hybridized carbons (Fsp3) is 0.385. The second-order valence-electron chi connectivity index (χ2n) is 4.22. The van der Waals surface area contributed by atoms with Crippen molar-refractivity contribution in [3.63, 3.8) is 0 Å². The average molecular weight is 266 g/mol. The van der Waals surface area contributed by atoms with Crippen molar-refractivity contribution in [1.29, 1.82) is 0 Å². The number of amides is 2. The molecule has 0 fully saturated rings. The van der Waals surface area contributed by atoms with E-state index in [9.17, 15) is 9.59 Å². The quantitative estimate of drug-likeness (QED) is 0.759. The third-order valence-corrected chi connectivity index (χ3v) is 2.67. The molecule has 0 aliphatic rings. The van der Waals surface area contributed by atoms with Gasteiger partial charge in [0.1, 0.15) is 0 Å². The number of benzene rings is 1. The van der Waals surface area contributed by atoms with E-state index in [2.05, 4.69) is 10.6 Å². The lowest BCUT2D eigenvalue weighted by atomic mass is 10.1. The Bertz CT molecular complexity index is 474. The summed E-state index contributed by atoms with van der Waals surface area (Å²) in [7, 11) is 1.57. The van der Waals surface area contributed by atoms with Gasteiger partial charge in [-0.1, -0.05) is 0 Å². The van der Waals surface area contributed by atoms with E-state index in [1.807, 2.05) is 6.92 Å². The molecule has 1 aromatic rings. The largest absolute Gasteiger partial charge is 0.478 e. The van der Waals surface area contributed by atoms with Gasteiger partial charge in [0, 0.05) is 19.3 Å². The van der Waals surface area contributed by atoms with E-state index in [0.717, 1.165) is 0 Å². The Labute approximate surface area is 111 Å². The van der Waals surface area contributed by atoms with Gasteiger partial charge >= 0.3 is 12.0 Å². The number of carbonyl (C=O) groups is 2. The molecule has 6 heteroatoms. The van der Waals surface area contributed by atoms with E-state index in [1.54, 1.807) is 20.1 Å². The molecule has 2 amide bonds. The molecule has 1 aromatic carbocycles. The number of hydrogen-bond acceptors (Lipinski definition) is 3. The number of urea groups is 1. The predicted octanol–water partition coefficient (Wildman–Crippen LogP) is 1.85. The summed E-state index contributed by atoms with van der Waals surface area (Å²) in [5, 5.41) is 14.2. The number of rotatable bonds is 5. The van der Waals surface area contributed by atoms with Gasteiger partial charge < -0.3 is 20.5 Å². The number of carbonyl (C=O) groups excluding carboxylic acids is 1. The highest BCUT2D eigenvalue weighted by Crippen LogP contribution is 2.16. The van der Waals surface area contributed by atoms with E-state index in [-0.39, 0.29) is 17.7 Å². The van der Waals surface area contributed by atoms with E-state index in [0.29, 0.717) is 17.8 Å². The zero-order valence-corrected chi connectivity index (χ0v) is 11.2. The minimum Gasteiger partial charge on any atom is -0.478 e. The van der Waals surface area contributed by atoms with E-state index in [4.69, 9.17) is 9.84 Å². The van der Waals surface area contributed by atoms with Crippen molar-refractivity contribution in [2.45, 2.75) is 20.0 Å². The van der Waals surface area contributed by atoms with Crippen molar-refractivity contribution in [1.82, 2.24) is 5.32 Å². The molecule has 19 heavy (non-hydrogen) atoms. The van der Waals surface area contributed by atoms with Gasteiger partial charge in [0.05, 0.1) is 11.7 Å². The van der Waals surface area contributed by atoms with Crippen LogP contribution in [0.25, 0.3) is 0 Å². The first-order chi connectivity index (χ1) is 8.93. The van der Waals surface area contributed by atoms with E-state index < -0.39 is 5.97 Å². The summed E-state index contributed by atoms with van der Waals surface area (Å²) >= 11 is 0. The molecule has 1 rings (SSSR count). The molecule has 0 radical (unpaired) electrons. The SMILES string of the molecule is COC(C)CNC(=O)Nc1ccc(C(=O)O)cc1C. The summed E-state index contributed by atoms with van der Waals surface area (Å²) in [5.41, 5.74) is 1.46. The summed E-state index contributed by atoms with van der Waals surface area (Å²) in [6.07, 6.45) is -0.0683. The minimum absolute atomic E-state index is 0.0683. The third kappa shape index (κ3) is 4.59. The lowest BCUT2D eigenvalue weighted by molar-refractivity contribution is 0.0697. The molecule has 104 valence electrons. The van der Waals surface area contributed by atoms with Crippen LogP contribution in [0.4, 0.5) is 10.5 Å². The molecular weight excluding hydrogens is 248 g/mol. The normalized spacial score (nSPS) is 11.7. The Kier molecular flexibility index (Phi) is 5.32. The molecular formula is C13H18N2O4. The third-order valence-electron chi connectivity index (χ3n) is 2.67. The van der Waals surface area contributed by atoms with Gasteiger partial charge in [0.15, 0.2) is 0 Å². The molecule has 0 aromatic heterocycles. The van der Waals surface area contributed by atoms with Crippen LogP contribution < -0.4 is 10.6 Å². The van der Waals surface area contributed by atoms with Gasteiger partial charge in [-0.05, 0) is 37.6 Å². The Morgan fingerprint density at radius 1 is 1.42 bits per heavy atom. The first-order valence-electron chi connectivity index (χ1n) is 5.85. The molecule has 0 saturated heterocycles. The summed E-state index contributed by atoms with van der Waals surface area (Å²) in [6.45, 7) is 3.97. The zero-order chi connectivity index (χ0) is 14.4. The number of methoxy groups -OCH3 is 1. The van der Waals surface area contributed by atoms with Crippen LogP contribution in [-0.2, 0) is 4.74 Å². The highest BCUT2D eigenvalue weighted by atomic mass is 16.5. The van der Waals surface area contributed by atoms with Crippen LogP contribution in [0, 0.1) is 6.92 Å². The zero-order valence-electron chi connectivity index (χ0n) is 11.2. The topological polar surface area (TPSA) is 87.7 Å². The second-order valence-corrected chi connectivity index (χ2v) is 4.22. The molecule has 0 saturated carbocycles. The van der Waals surface area contributed by atoms with Crippen molar-refractivity contribution in [3.8, 4) is 0 Å². The molecule has 0 heterocycles. The summed E-state index contributed by atoms with van der Waals surface area (Å²) in [5.74, 6) is -0.993. The monoisotopic (exact) mass is 266 g/mol. The van der Waals surface area contributed by atoms with Crippen molar-refractivity contribution >= 4 is 17.7 Å². The Morgan fingerprint density at radius 3 is 2.63 bits per heavy atom. The van der Waals surface area contributed by atoms with Crippen LogP contribution in [0.5, 0.6) is 0 Å². The molecule has 1 atom stereocenters. The van der Waals surface area contributed by atoms with Crippen LogP contribution in [0.15, 0.2) is 18.2 Å². The van der Waals surface area contributed by atoms with Gasteiger partial charge in [-0.25, -0.2) is 9.59 Å². The lowest BCUT2D eigenvalue weighted by Crippen LogP contribution is -2.35. The number of aromatic carboxylic acids is 1. The van der Waals surface area contributed by atoms with Gasteiger partial charge in [0.25, 0.3) is 0 Å². The van der Waals surface area contributed by atoms with Crippen LogP contribution in [0.1, 0.15) is 22.8 Å². The van der Waals surface area contributed by atoms with Crippen molar-refractivity contribution < 1.29 is 19.4 Å².